The Hall–Kier alpha value is -0.283. The highest BCUT2D eigenvalue weighted by molar-refractivity contribution is 6.77. The molecule has 1 atom stereocenters. The van der Waals surface area contributed by atoms with E-state index in [1.54, 1.807) is 0 Å². The Morgan fingerprint density at radius 3 is 1.95 bits per heavy atom. The average Bonchev–Trinajstić information content (AvgIpc) is 2.33. The second-order valence-electron chi connectivity index (χ2n) is 8.27. The third-order valence-electron chi connectivity index (χ3n) is 5.56. The van der Waals surface area contributed by atoms with Gasteiger partial charge in [-0.05, 0) is 40.5 Å². The summed E-state index contributed by atoms with van der Waals surface area (Å²) in [5.74, 6) is 1.55. The number of allylic oxidation sites excluding steroid dienone is 2. The zero-order valence-corrected chi connectivity index (χ0v) is 16.4. The maximum atomic E-state index is 9.55. The molecule has 0 aromatic carbocycles. The van der Waals surface area contributed by atoms with Crippen LogP contribution in [0.1, 0.15) is 68.2 Å². The van der Waals surface area contributed by atoms with Crippen LogP contribution in [0, 0.1) is 11.3 Å². The van der Waals surface area contributed by atoms with Crippen molar-refractivity contribution in [2.75, 3.05) is 6.61 Å². The van der Waals surface area contributed by atoms with Gasteiger partial charge >= 0.3 is 0 Å². The predicted octanol–water partition coefficient (Wildman–Crippen LogP) is 5.49. The van der Waals surface area contributed by atoms with Gasteiger partial charge in [-0.25, -0.2) is 0 Å². The van der Waals surface area contributed by atoms with E-state index in [0.717, 1.165) is 12.8 Å². The normalized spacial score (nSPS) is 22.9. The second-order valence-corrected chi connectivity index (χ2v) is 13.6. The summed E-state index contributed by atoms with van der Waals surface area (Å²) in [6, 6.07) is 0. The molecule has 0 spiro atoms. The molecule has 21 heavy (non-hydrogen) atoms. The summed E-state index contributed by atoms with van der Waals surface area (Å²) in [7, 11) is -1.84. The monoisotopic (exact) mass is 312 g/mol. The zero-order chi connectivity index (χ0) is 16.4. The predicted molar refractivity (Wildman–Crippen MR) is 93.8 cm³/mol. The summed E-state index contributed by atoms with van der Waals surface area (Å²) in [6.45, 7) is 18.7. The van der Waals surface area contributed by atoms with E-state index >= 15 is 0 Å². The minimum Gasteiger partial charge on any atom is -0.546 e. The fourth-order valence-corrected chi connectivity index (χ4v) is 9.60. The van der Waals surface area contributed by atoms with Gasteiger partial charge < -0.3 is 9.53 Å². The molecule has 0 amide bonds. The van der Waals surface area contributed by atoms with E-state index in [-0.39, 0.29) is 12.0 Å². The third kappa shape index (κ3) is 3.73. The van der Waals surface area contributed by atoms with Crippen LogP contribution in [0.2, 0.25) is 16.6 Å². The van der Waals surface area contributed by atoms with Gasteiger partial charge in [-0.2, -0.15) is 0 Å². The van der Waals surface area contributed by atoms with E-state index in [0.29, 0.717) is 22.5 Å². The van der Waals surface area contributed by atoms with Crippen LogP contribution in [-0.4, -0.2) is 20.0 Å². The lowest BCUT2D eigenvalue weighted by molar-refractivity contribution is 0.124. The standard InChI is InChI=1S/C18H36O2Si/c1-13(2)21(14(3)4,15(5)6)20-17-10-9-16(12-19)18(7,8)11-17/h11,13-16,19H,9-10,12H2,1-8H3. The van der Waals surface area contributed by atoms with Crippen LogP contribution in [-0.2, 0) is 4.43 Å². The van der Waals surface area contributed by atoms with Crippen molar-refractivity contribution in [1.82, 2.24) is 0 Å². The van der Waals surface area contributed by atoms with Gasteiger partial charge in [-0.3, -0.25) is 0 Å². The van der Waals surface area contributed by atoms with E-state index in [1.807, 2.05) is 0 Å². The highest BCUT2D eigenvalue weighted by atomic mass is 28.4. The number of aliphatic hydroxyl groups excluding tert-OH is 1. The van der Waals surface area contributed by atoms with E-state index in [4.69, 9.17) is 4.43 Å². The molecule has 1 N–H and O–H groups in total. The van der Waals surface area contributed by atoms with Crippen molar-refractivity contribution < 1.29 is 9.53 Å². The molecule has 0 saturated heterocycles. The number of hydrogen-bond acceptors (Lipinski definition) is 2. The molecule has 124 valence electrons. The molecule has 1 rings (SSSR count). The molecule has 0 aliphatic heterocycles. The van der Waals surface area contributed by atoms with Gasteiger partial charge in [0.2, 0.25) is 0 Å². The lowest BCUT2D eigenvalue weighted by atomic mass is 9.73. The summed E-state index contributed by atoms with van der Waals surface area (Å²) in [5.41, 5.74) is 1.86. The Morgan fingerprint density at radius 2 is 1.62 bits per heavy atom. The first kappa shape index (κ1) is 18.8. The Kier molecular flexibility index (Phi) is 6.14. The molecule has 1 aliphatic rings. The molecule has 0 aromatic heterocycles. The molecule has 0 fully saturated rings. The summed E-state index contributed by atoms with van der Waals surface area (Å²) >= 11 is 0. The fraction of sp³-hybridized carbons (Fsp3) is 0.889. The van der Waals surface area contributed by atoms with Gasteiger partial charge in [0.15, 0.2) is 0 Å². The Labute approximate surface area is 133 Å². The molecule has 0 saturated carbocycles. The molecule has 2 nitrogen and oxygen atoms in total. The topological polar surface area (TPSA) is 29.5 Å². The van der Waals surface area contributed by atoms with Crippen LogP contribution in [0.3, 0.4) is 0 Å². The van der Waals surface area contributed by atoms with Crippen molar-refractivity contribution in [1.29, 1.82) is 0 Å². The molecular weight excluding hydrogens is 276 g/mol. The molecule has 0 heterocycles. The maximum absolute atomic E-state index is 9.55. The summed E-state index contributed by atoms with van der Waals surface area (Å²) in [4.78, 5) is 0. The summed E-state index contributed by atoms with van der Waals surface area (Å²) < 4.78 is 6.81. The van der Waals surface area contributed by atoms with Gasteiger partial charge in [-0.1, -0.05) is 55.4 Å². The van der Waals surface area contributed by atoms with E-state index in [2.05, 4.69) is 61.5 Å². The van der Waals surface area contributed by atoms with Crippen molar-refractivity contribution in [2.24, 2.45) is 11.3 Å². The minimum atomic E-state index is -1.84. The average molecular weight is 313 g/mol. The lowest BCUT2D eigenvalue weighted by Gasteiger charge is -2.45. The highest BCUT2D eigenvalue weighted by Gasteiger charge is 2.48. The van der Waals surface area contributed by atoms with Crippen molar-refractivity contribution in [3.05, 3.63) is 11.8 Å². The first-order valence-electron chi connectivity index (χ1n) is 8.59. The van der Waals surface area contributed by atoms with Crippen LogP contribution in [0.5, 0.6) is 0 Å². The number of aliphatic hydroxyl groups is 1. The van der Waals surface area contributed by atoms with Crippen molar-refractivity contribution in [3.63, 3.8) is 0 Å². The molecule has 0 aromatic rings. The Morgan fingerprint density at radius 1 is 1.14 bits per heavy atom. The first-order valence-corrected chi connectivity index (χ1v) is 10.7. The van der Waals surface area contributed by atoms with Crippen molar-refractivity contribution >= 4 is 8.32 Å². The largest absolute Gasteiger partial charge is 0.546 e. The molecule has 1 aliphatic carbocycles. The van der Waals surface area contributed by atoms with Crippen LogP contribution in [0.15, 0.2) is 11.8 Å². The maximum Gasteiger partial charge on any atom is 0.258 e. The van der Waals surface area contributed by atoms with Crippen molar-refractivity contribution in [2.45, 2.75) is 84.9 Å². The zero-order valence-electron chi connectivity index (χ0n) is 15.4. The highest BCUT2D eigenvalue weighted by Crippen LogP contribution is 2.46. The van der Waals surface area contributed by atoms with Crippen LogP contribution >= 0.6 is 0 Å². The molecule has 0 bridgehead atoms. The van der Waals surface area contributed by atoms with Crippen molar-refractivity contribution in [3.8, 4) is 0 Å². The third-order valence-corrected chi connectivity index (χ3v) is 11.6. The van der Waals surface area contributed by atoms with Gasteiger partial charge in [0.25, 0.3) is 8.32 Å². The quantitative estimate of drug-likeness (QED) is 0.657. The number of hydrogen-bond donors (Lipinski definition) is 1. The molecule has 3 heteroatoms. The Balaban J connectivity index is 3.08. The first-order chi connectivity index (χ1) is 9.57. The summed E-state index contributed by atoms with van der Waals surface area (Å²) in [5, 5.41) is 9.55. The minimum absolute atomic E-state index is 0.0351. The smallest absolute Gasteiger partial charge is 0.258 e. The SMILES string of the molecule is CC(C)[Si](OC1=CC(C)(C)C(CO)CC1)(C(C)C)C(C)C. The van der Waals surface area contributed by atoms with E-state index in [1.165, 1.54) is 5.76 Å². The van der Waals surface area contributed by atoms with E-state index in [9.17, 15) is 5.11 Å². The van der Waals surface area contributed by atoms with E-state index < -0.39 is 8.32 Å². The Bertz CT molecular complexity index is 348. The van der Waals surface area contributed by atoms with Gasteiger partial charge in [-0.15, -0.1) is 0 Å². The van der Waals surface area contributed by atoms with Gasteiger partial charge in [0.05, 0.1) is 5.76 Å². The fourth-order valence-electron chi connectivity index (χ4n) is 4.28. The van der Waals surface area contributed by atoms with Crippen LogP contribution in [0.25, 0.3) is 0 Å². The lowest BCUT2D eigenvalue weighted by Crippen LogP contribution is -2.48. The molecular formula is C18H36O2Si. The molecule has 0 radical (unpaired) electrons. The second kappa shape index (κ2) is 6.87. The van der Waals surface area contributed by atoms with Gasteiger partial charge in [0.1, 0.15) is 0 Å². The molecule has 1 unspecified atom stereocenters. The summed E-state index contributed by atoms with van der Waals surface area (Å²) in [6.07, 6.45) is 4.32. The number of rotatable bonds is 6. The van der Waals surface area contributed by atoms with Crippen LogP contribution in [0.4, 0.5) is 0 Å². The van der Waals surface area contributed by atoms with Crippen LogP contribution < -0.4 is 0 Å². The van der Waals surface area contributed by atoms with Gasteiger partial charge in [0, 0.05) is 13.0 Å².